The van der Waals surface area contributed by atoms with E-state index in [-0.39, 0.29) is 17.9 Å². The van der Waals surface area contributed by atoms with Crippen molar-refractivity contribution in [3.05, 3.63) is 29.6 Å². The van der Waals surface area contributed by atoms with E-state index >= 15 is 0 Å². The fraction of sp³-hybridized carbons (Fsp3) is 0.571. The van der Waals surface area contributed by atoms with E-state index < -0.39 is 5.82 Å². The highest BCUT2D eigenvalue weighted by atomic mass is 19.1. The highest BCUT2D eigenvalue weighted by Crippen LogP contribution is 2.24. The third-order valence-electron chi connectivity index (χ3n) is 2.68. The second-order valence-electron chi connectivity index (χ2n) is 4.65. The fourth-order valence-electron chi connectivity index (χ4n) is 1.70. The summed E-state index contributed by atoms with van der Waals surface area (Å²) in [5.74, 6) is -0.429. The number of hydrogen-bond donors (Lipinski definition) is 2. The standard InChI is InChI=1S/C14H22FNO2/c1-10(2)18-8-4-7-16-11(3)13-6-5-12(15)9-14(13)17/h5-6,9-11,16-17H,4,7-8H2,1-3H3. The van der Waals surface area contributed by atoms with Crippen LogP contribution < -0.4 is 5.32 Å². The fourth-order valence-corrected chi connectivity index (χ4v) is 1.70. The average Bonchev–Trinajstić information content (AvgIpc) is 2.27. The Morgan fingerprint density at radius 1 is 1.33 bits per heavy atom. The molecule has 0 aliphatic rings. The van der Waals surface area contributed by atoms with Crippen molar-refractivity contribution >= 4 is 0 Å². The van der Waals surface area contributed by atoms with Crippen LogP contribution in [0.3, 0.4) is 0 Å². The maximum Gasteiger partial charge on any atom is 0.126 e. The number of benzene rings is 1. The van der Waals surface area contributed by atoms with Gasteiger partial charge in [-0.05, 0) is 39.8 Å². The second-order valence-corrected chi connectivity index (χ2v) is 4.65. The summed E-state index contributed by atoms with van der Waals surface area (Å²) in [7, 11) is 0. The normalized spacial score (nSPS) is 12.9. The number of phenolic OH excluding ortho intramolecular Hbond substituents is 1. The molecule has 3 nitrogen and oxygen atoms in total. The molecule has 0 saturated heterocycles. The molecule has 2 N–H and O–H groups in total. The van der Waals surface area contributed by atoms with Crippen molar-refractivity contribution < 1.29 is 14.2 Å². The molecule has 18 heavy (non-hydrogen) atoms. The molecule has 0 fully saturated rings. The predicted octanol–water partition coefficient (Wildman–Crippen LogP) is 3.00. The SMILES string of the molecule is CC(C)OCCCNC(C)c1ccc(F)cc1O. The molecule has 1 unspecified atom stereocenters. The number of aromatic hydroxyl groups is 1. The minimum atomic E-state index is -0.422. The van der Waals surface area contributed by atoms with Crippen molar-refractivity contribution in [1.82, 2.24) is 5.32 Å². The van der Waals surface area contributed by atoms with Gasteiger partial charge in [0.1, 0.15) is 11.6 Å². The number of phenols is 1. The summed E-state index contributed by atoms with van der Waals surface area (Å²) in [5.41, 5.74) is 0.709. The van der Waals surface area contributed by atoms with Crippen molar-refractivity contribution in [2.24, 2.45) is 0 Å². The van der Waals surface area contributed by atoms with E-state index in [0.717, 1.165) is 19.0 Å². The monoisotopic (exact) mass is 255 g/mol. The third-order valence-corrected chi connectivity index (χ3v) is 2.68. The van der Waals surface area contributed by atoms with E-state index in [1.165, 1.54) is 6.07 Å². The number of rotatable bonds is 7. The van der Waals surface area contributed by atoms with Gasteiger partial charge in [0.25, 0.3) is 0 Å². The van der Waals surface area contributed by atoms with Crippen molar-refractivity contribution in [2.75, 3.05) is 13.2 Å². The van der Waals surface area contributed by atoms with Crippen molar-refractivity contribution in [1.29, 1.82) is 0 Å². The van der Waals surface area contributed by atoms with Crippen LogP contribution in [0, 0.1) is 5.82 Å². The van der Waals surface area contributed by atoms with Gasteiger partial charge in [-0.25, -0.2) is 4.39 Å². The molecule has 1 rings (SSSR count). The molecule has 0 aliphatic heterocycles. The van der Waals surface area contributed by atoms with Crippen LogP contribution in [0.25, 0.3) is 0 Å². The lowest BCUT2D eigenvalue weighted by molar-refractivity contribution is 0.0768. The Bertz CT molecular complexity index is 369. The molecule has 0 heterocycles. The maximum atomic E-state index is 12.8. The molecule has 0 bridgehead atoms. The van der Waals surface area contributed by atoms with Gasteiger partial charge in [-0.1, -0.05) is 6.07 Å². The molecule has 1 aromatic carbocycles. The van der Waals surface area contributed by atoms with Gasteiger partial charge in [-0.3, -0.25) is 0 Å². The third kappa shape index (κ3) is 5.02. The summed E-state index contributed by atoms with van der Waals surface area (Å²) in [6, 6.07) is 4.09. The lowest BCUT2D eigenvalue weighted by atomic mass is 10.1. The van der Waals surface area contributed by atoms with Gasteiger partial charge in [-0.15, -0.1) is 0 Å². The highest BCUT2D eigenvalue weighted by molar-refractivity contribution is 5.34. The topological polar surface area (TPSA) is 41.5 Å². The number of hydrogen-bond acceptors (Lipinski definition) is 3. The molecule has 0 radical (unpaired) electrons. The molecule has 0 aliphatic carbocycles. The van der Waals surface area contributed by atoms with Gasteiger partial charge in [0.2, 0.25) is 0 Å². The van der Waals surface area contributed by atoms with Crippen molar-refractivity contribution in [3.63, 3.8) is 0 Å². The lowest BCUT2D eigenvalue weighted by Gasteiger charge is -2.16. The van der Waals surface area contributed by atoms with Crippen LogP contribution in [-0.2, 0) is 4.74 Å². The van der Waals surface area contributed by atoms with E-state index in [1.807, 2.05) is 20.8 Å². The molecule has 1 aromatic rings. The second kappa shape index (κ2) is 7.34. The first-order valence-corrected chi connectivity index (χ1v) is 6.34. The minimum Gasteiger partial charge on any atom is -0.508 e. The Hall–Kier alpha value is -1.13. The Kier molecular flexibility index (Phi) is 6.09. The molecule has 0 spiro atoms. The average molecular weight is 255 g/mol. The van der Waals surface area contributed by atoms with Gasteiger partial charge in [-0.2, -0.15) is 0 Å². The van der Waals surface area contributed by atoms with Gasteiger partial charge >= 0.3 is 0 Å². The van der Waals surface area contributed by atoms with Crippen molar-refractivity contribution in [2.45, 2.75) is 39.3 Å². The summed E-state index contributed by atoms with van der Waals surface area (Å²) in [6.07, 6.45) is 1.16. The summed E-state index contributed by atoms with van der Waals surface area (Å²) < 4.78 is 18.3. The van der Waals surface area contributed by atoms with E-state index in [9.17, 15) is 9.50 Å². The molecule has 4 heteroatoms. The van der Waals surface area contributed by atoms with E-state index in [0.29, 0.717) is 12.2 Å². The zero-order valence-electron chi connectivity index (χ0n) is 11.2. The number of halogens is 1. The minimum absolute atomic E-state index is 0.00608. The smallest absolute Gasteiger partial charge is 0.126 e. The van der Waals surface area contributed by atoms with Crippen LogP contribution >= 0.6 is 0 Å². The van der Waals surface area contributed by atoms with Crippen molar-refractivity contribution in [3.8, 4) is 5.75 Å². The molecular formula is C14H22FNO2. The zero-order valence-corrected chi connectivity index (χ0v) is 11.2. The molecule has 102 valence electrons. The highest BCUT2D eigenvalue weighted by Gasteiger charge is 2.10. The Labute approximate surface area is 108 Å². The van der Waals surface area contributed by atoms with Crippen LogP contribution in [0.1, 0.15) is 38.8 Å². The molecular weight excluding hydrogens is 233 g/mol. The van der Waals surface area contributed by atoms with Crippen LogP contribution in [0.5, 0.6) is 5.75 Å². The van der Waals surface area contributed by atoms with Crippen LogP contribution in [0.15, 0.2) is 18.2 Å². The molecule has 0 aromatic heterocycles. The Morgan fingerprint density at radius 2 is 2.06 bits per heavy atom. The van der Waals surface area contributed by atoms with Crippen LogP contribution in [0.2, 0.25) is 0 Å². The largest absolute Gasteiger partial charge is 0.508 e. The lowest BCUT2D eigenvalue weighted by Crippen LogP contribution is -2.21. The first-order chi connectivity index (χ1) is 8.50. The van der Waals surface area contributed by atoms with Gasteiger partial charge in [0.15, 0.2) is 0 Å². The molecule has 0 saturated carbocycles. The predicted molar refractivity (Wildman–Crippen MR) is 70.2 cm³/mol. The summed E-state index contributed by atoms with van der Waals surface area (Å²) in [6.45, 7) is 7.47. The maximum absolute atomic E-state index is 12.8. The van der Waals surface area contributed by atoms with E-state index in [2.05, 4.69) is 5.32 Å². The summed E-state index contributed by atoms with van der Waals surface area (Å²) >= 11 is 0. The zero-order chi connectivity index (χ0) is 13.5. The number of nitrogens with one attached hydrogen (secondary N) is 1. The van der Waals surface area contributed by atoms with Gasteiger partial charge in [0, 0.05) is 24.3 Å². The van der Waals surface area contributed by atoms with Gasteiger partial charge < -0.3 is 15.2 Å². The van der Waals surface area contributed by atoms with Crippen LogP contribution in [-0.4, -0.2) is 24.4 Å². The first-order valence-electron chi connectivity index (χ1n) is 6.34. The summed E-state index contributed by atoms with van der Waals surface area (Å²) in [5, 5.41) is 12.9. The Morgan fingerprint density at radius 3 is 2.67 bits per heavy atom. The summed E-state index contributed by atoms with van der Waals surface area (Å²) in [4.78, 5) is 0. The molecule has 0 amide bonds. The van der Waals surface area contributed by atoms with Gasteiger partial charge in [0.05, 0.1) is 6.10 Å². The molecule has 1 atom stereocenters. The van der Waals surface area contributed by atoms with E-state index in [4.69, 9.17) is 4.74 Å². The van der Waals surface area contributed by atoms with Crippen LogP contribution in [0.4, 0.5) is 4.39 Å². The van der Waals surface area contributed by atoms with E-state index in [1.54, 1.807) is 6.07 Å². The first kappa shape index (κ1) is 14.9. The quantitative estimate of drug-likeness (QED) is 0.736. The number of ether oxygens (including phenoxy) is 1. The Balaban J connectivity index is 2.34.